The Morgan fingerprint density at radius 3 is 2.29 bits per heavy atom. The molecule has 1 aliphatic heterocycles. The van der Waals surface area contributed by atoms with Gasteiger partial charge in [-0.15, -0.1) is 11.3 Å². The number of benzene rings is 2. The summed E-state index contributed by atoms with van der Waals surface area (Å²) in [6, 6.07) is 12.6. The van der Waals surface area contributed by atoms with Crippen LogP contribution < -0.4 is 10.1 Å². The zero-order chi connectivity index (χ0) is 20.1. The standard InChI is InChI=1S/C21H15ClFNO3S/c1-21(12-5-7-13(23)8-6-12)17(25)16-15(11-3-9-14(27-2)10-4-11)18(22)28-19(16)24-20(21)26/h3-10H,1-2H3,(H,24,26). The molecule has 2 heterocycles. The predicted molar refractivity (Wildman–Crippen MR) is 108 cm³/mol. The van der Waals surface area contributed by atoms with Crippen LogP contribution in [0.1, 0.15) is 22.8 Å². The molecule has 28 heavy (non-hydrogen) atoms. The number of fused-ring (bicyclic) bond motifs is 1. The molecule has 1 atom stereocenters. The van der Waals surface area contributed by atoms with Gasteiger partial charge in [0.1, 0.15) is 26.3 Å². The SMILES string of the molecule is COc1ccc(-c2c(Cl)sc3c2C(=O)C(C)(c2ccc(F)cc2)C(=O)N3)cc1. The number of Topliss-reactive ketones (excluding diaryl/α,β-unsaturated/α-hetero) is 1. The first-order valence-corrected chi connectivity index (χ1v) is 9.64. The van der Waals surface area contributed by atoms with Crippen molar-refractivity contribution in [3.63, 3.8) is 0 Å². The smallest absolute Gasteiger partial charge is 0.243 e. The topological polar surface area (TPSA) is 55.4 Å². The van der Waals surface area contributed by atoms with E-state index in [9.17, 15) is 14.0 Å². The first-order valence-electron chi connectivity index (χ1n) is 8.45. The van der Waals surface area contributed by atoms with E-state index in [0.29, 0.717) is 31.8 Å². The van der Waals surface area contributed by atoms with E-state index >= 15 is 0 Å². The van der Waals surface area contributed by atoms with Crippen LogP contribution in [0.4, 0.5) is 9.39 Å². The van der Waals surface area contributed by atoms with Gasteiger partial charge in [-0.1, -0.05) is 35.9 Å². The van der Waals surface area contributed by atoms with Crippen molar-refractivity contribution in [1.29, 1.82) is 0 Å². The molecule has 1 aromatic heterocycles. The van der Waals surface area contributed by atoms with Crippen molar-refractivity contribution in [3.05, 3.63) is 69.8 Å². The minimum Gasteiger partial charge on any atom is -0.497 e. The van der Waals surface area contributed by atoms with Gasteiger partial charge < -0.3 is 10.1 Å². The lowest BCUT2D eigenvalue weighted by atomic mass is 9.73. The second-order valence-electron chi connectivity index (χ2n) is 6.60. The summed E-state index contributed by atoms with van der Waals surface area (Å²) >= 11 is 7.60. The van der Waals surface area contributed by atoms with Crippen LogP contribution in [0.5, 0.6) is 5.75 Å². The Morgan fingerprint density at radius 1 is 1.04 bits per heavy atom. The van der Waals surface area contributed by atoms with Crippen LogP contribution in [0, 0.1) is 5.82 Å². The number of thiophene rings is 1. The van der Waals surface area contributed by atoms with Gasteiger partial charge in [0.2, 0.25) is 5.91 Å². The normalized spacial score (nSPS) is 18.6. The van der Waals surface area contributed by atoms with Gasteiger partial charge in [0.15, 0.2) is 5.78 Å². The zero-order valence-electron chi connectivity index (χ0n) is 15.0. The lowest BCUT2D eigenvalue weighted by Gasteiger charge is -2.31. The quantitative estimate of drug-likeness (QED) is 0.590. The number of ether oxygens (including phenoxy) is 1. The van der Waals surface area contributed by atoms with Crippen molar-refractivity contribution < 1.29 is 18.7 Å². The Labute approximate surface area is 169 Å². The molecule has 0 saturated heterocycles. The minimum absolute atomic E-state index is 0.367. The molecule has 1 aliphatic rings. The molecule has 0 fully saturated rings. The molecule has 7 heteroatoms. The molecule has 0 aliphatic carbocycles. The molecule has 1 N–H and O–H groups in total. The van der Waals surface area contributed by atoms with E-state index < -0.39 is 17.1 Å². The second-order valence-corrected chi connectivity index (χ2v) is 8.22. The summed E-state index contributed by atoms with van der Waals surface area (Å²) in [6.45, 7) is 1.55. The van der Waals surface area contributed by atoms with Gasteiger partial charge in [0.05, 0.1) is 12.7 Å². The Balaban J connectivity index is 1.88. The lowest BCUT2D eigenvalue weighted by molar-refractivity contribution is -0.119. The highest BCUT2D eigenvalue weighted by Gasteiger charge is 2.49. The molecule has 0 bridgehead atoms. The summed E-state index contributed by atoms with van der Waals surface area (Å²) < 4.78 is 18.9. The predicted octanol–water partition coefficient (Wildman–Crippen LogP) is 5.31. The lowest BCUT2D eigenvalue weighted by Crippen LogP contribution is -2.48. The van der Waals surface area contributed by atoms with Crippen LogP contribution in [0.25, 0.3) is 11.1 Å². The molecular weight excluding hydrogens is 401 g/mol. The van der Waals surface area contributed by atoms with Crippen LogP contribution in [0.2, 0.25) is 4.34 Å². The maximum absolute atomic E-state index is 13.5. The maximum atomic E-state index is 13.5. The molecule has 0 spiro atoms. The first kappa shape index (κ1) is 18.7. The van der Waals surface area contributed by atoms with E-state index in [-0.39, 0.29) is 5.78 Å². The summed E-state index contributed by atoms with van der Waals surface area (Å²) in [5.74, 6) is -0.586. The largest absolute Gasteiger partial charge is 0.497 e. The van der Waals surface area contributed by atoms with E-state index in [4.69, 9.17) is 16.3 Å². The second kappa shape index (κ2) is 6.72. The molecular formula is C21H15ClFNO3S. The maximum Gasteiger partial charge on any atom is 0.243 e. The molecule has 142 valence electrons. The fraction of sp³-hybridized carbons (Fsp3) is 0.143. The van der Waals surface area contributed by atoms with E-state index in [1.807, 2.05) is 12.1 Å². The number of ketones is 1. The monoisotopic (exact) mass is 415 g/mol. The highest BCUT2D eigenvalue weighted by molar-refractivity contribution is 7.21. The number of halogens is 2. The summed E-state index contributed by atoms with van der Waals surface area (Å²) in [7, 11) is 1.57. The number of amides is 1. The van der Waals surface area contributed by atoms with E-state index in [2.05, 4.69) is 5.32 Å². The van der Waals surface area contributed by atoms with Crippen LogP contribution in [-0.4, -0.2) is 18.8 Å². The molecule has 0 saturated carbocycles. The average Bonchev–Trinajstić information content (AvgIpc) is 3.02. The molecule has 4 nitrogen and oxygen atoms in total. The van der Waals surface area contributed by atoms with Gasteiger partial charge in [0.25, 0.3) is 0 Å². The number of carbonyl (C=O) groups is 2. The molecule has 1 unspecified atom stereocenters. The summed E-state index contributed by atoms with van der Waals surface area (Å²) in [5.41, 5.74) is 0.625. The van der Waals surface area contributed by atoms with Crippen molar-refractivity contribution >= 4 is 39.6 Å². The average molecular weight is 416 g/mol. The number of methoxy groups -OCH3 is 1. The van der Waals surface area contributed by atoms with Gasteiger partial charge in [-0.2, -0.15) is 0 Å². The molecule has 1 amide bonds. The van der Waals surface area contributed by atoms with Crippen molar-refractivity contribution in [2.24, 2.45) is 0 Å². The van der Waals surface area contributed by atoms with Gasteiger partial charge in [-0.25, -0.2) is 4.39 Å². The number of carbonyl (C=O) groups excluding carboxylic acids is 2. The van der Waals surface area contributed by atoms with Gasteiger partial charge in [-0.05, 0) is 42.3 Å². The number of hydrogen-bond donors (Lipinski definition) is 1. The zero-order valence-corrected chi connectivity index (χ0v) is 16.6. The number of nitrogens with one attached hydrogen (secondary N) is 1. The summed E-state index contributed by atoms with van der Waals surface area (Å²) in [4.78, 5) is 26.4. The third-order valence-corrected chi connectivity index (χ3v) is 6.34. The number of hydrogen-bond acceptors (Lipinski definition) is 4. The van der Waals surface area contributed by atoms with E-state index in [0.717, 1.165) is 16.9 Å². The molecule has 4 rings (SSSR count). The third kappa shape index (κ3) is 2.72. The fourth-order valence-electron chi connectivity index (χ4n) is 3.35. The minimum atomic E-state index is -1.48. The van der Waals surface area contributed by atoms with Crippen LogP contribution in [0.15, 0.2) is 48.5 Å². The van der Waals surface area contributed by atoms with Crippen LogP contribution in [0.3, 0.4) is 0 Å². The Kier molecular flexibility index (Phi) is 4.48. The Morgan fingerprint density at radius 2 is 1.68 bits per heavy atom. The summed E-state index contributed by atoms with van der Waals surface area (Å²) in [6.07, 6.45) is 0. The van der Waals surface area contributed by atoms with Crippen LogP contribution in [-0.2, 0) is 10.2 Å². The molecule has 0 radical (unpaired) electrons. The van der Waals surface area contributed by atoms with Gasteiger partial charge in [0, 0.05) is 5.56 Å². The number of anilines is 1. The Bertz CT molecular complexity index is 1090. The summed E-state index contributed by atoms with van der Waals surface area (Å²) in [5, 5.41) is 3.23. The number of rotatable bonds is 3. The molecule has 3 aromatic rings. The van der Waals surface area contributed by atoms with Crippen molar-refractivity contribution in [2.45, 2.75) is 12.3 Å². The fourth-order valence-corrected chi connectivity index (χ4v) is 4.73. The van der Waals surface area contributed by atoms with Crippen molar-refractivity contribution in [1.82, 2.24) is 0 Å². The highest BCUT2D eigenvalue weighted by atomic mass is 35.5. The van der Waals surface area contributed by atoms with Crippen molar-refractivity contribution in [3.8, 4) is 16.9 Å². The van der Waals surface area contributed by atoms with Gasteiger partial charge in [-0.3, -0.25) is 9.59 Å². The van der Waals surface area contributed by atoms with Crippen LogP contribution >= 0.6 is 22.9 Å². The third-order valence-electron chi connectivity index (χ3n) is 5.03. The van der Waals surface area contributed by atoms with E-state index in [1.54, 1.807) is 26.2 Å². The van der Waals surface area contributed by atoms with Crippen molar-refractivity contribution in [2.75, 3.05) is 12.4 Å². The van der Waals surface area contributed by atoms with E-state index in [1.165, 1.54) is 24.3 Å². The first-order chi connectivity index (χ1) is 13.4. The highest BCUT2D eigenvalue weighted by Crippen LogP contribution is 2.49. The Hall–Kier alpha value is -2.70. The van der Waals surface area contributed by atoms with Gasteiger partial charge >= 0.3 is 0 Å². The molecule has 2 aromatic carbocycles.